The van der Waals surface area contributed by atoms with Gasteiger partial charge in [0.15, 0.2) is 0 Å². The molecule has 1 aromatic carbocycles. The molecule has 2 saturated carbocycles. The molecular formula is C25H37N2P. The van der Waals surface area contributed by atoms with Gasteiger partial charge in [-0.1, -0.05) is 64.1 Å². The molecule has 1 aromatic rings. The van der Waals surface area contributed by atoms with E-state index in [-0.39, 0.29) is 7.92 Å². The van der Waals surface area contributed by atoms with Gasteiger partial charge in [0.2, 0.25) is 6.67 Å². The van der Waals surface area contributed by atoms with Crippen LogP contribution in [0.2, 0.25) is 0 Å². The van der Waals surface area contributed by atoms with Crippen LogP contribution in [0.1, 0.15) is 80.9 Å². The summed E-state index contributed by atoms with van der Waals surface area (Å²) in [5.41, 5.74) is 7.34. The molecule has 3 heteroatoms. The van der Waals surface area contributed by atoms with Crippen LogP contribution < -0.4 is 4.90 Å². The van der Waals surface area contributed by atoms with Crippen molar-refractivity contribution >= 4 is 13.6 Å². The van der Waals surface area contributed by atoms with Crippen LogP contribution in [0.4, 0.5) is 5.69 Å². The second kappa shape index (κ2) is 9.21. The van der Waals surface area contributed by atoms with Crippen LogP contribution >= 0.6 is 7.92 Å². The highest BCUT2D eigenvalue weighted by Crippen LogP contribution is 2.56. The van der Waals surface area contributed by atoms with E-state index in [0.717, 1.165) is 11.3 Å². The monoisotopic (exact) mass is 396 g/mol. The lowest BCUT2D eigenvalue weighted by Gasteiger charge is -2.40. The van der Waals surface area contributed by atoms with Gasteiger partial charge >= 0.3 is 0 Å². The molecule has 2 fully saturated rings. The van der Waals surface area contributed by atoms with E-state index >= 15 is 0 Å². The minimum Gasteiger partial charge on any atom is -0.342 e. The average molecular weight is 397 g/mol. The van der Waals surface area contributed by atoms with Gasteiger partial charge in [-0.05, 0) is 68.9 Å². The van der Waals surface area contributed by atoms with Crippen molar-refractivity contribution in [1.82, 2.24) is 4.90 Å². The zero-order chi connectivity index (χ0) is 19.5. The average Bonchev–Trinajstić information content (AvgIpc) is 3.15. The molecule has 2 aliphatic carbocycles. The molecule has 0 unspecified atom stereocenters. The molecule has 1 aliphatic heterocycles. The Morgan fingerprint density at radius 1 is 0.821 bits per heavy atom. The Labute approximate surface area is 174 Å². The molecule has 0 aromatic heterocycles. The van der Waals surface area contributed by atoms with Crippen LogP contribution in [0.5, 0.6) is 0 Å². The molecule has 0 spiro atoms. The lowest BCUT2D eigenvalue weighted by molar-refractivity contribution is 0.470. The van der Waals surface area contributed by atoms with E-state index in [1.807, 2.05) is 0 Å². The molecule has 0 N–H and O–H groups in total. The summed E-state index contributed by atoms with van der Waals surface area (Å²) in [4.78, 5) is 4.63. The van der Waals surface area contributed by atoms with Gasteiger partial charge in [0, 0.05) is 24.4 Å². The Kier molecular flexibility index (Phi) is 6.66. The number of hydrogen-bond donors (Lipinski definition) is 0. The highest BCUT2D eigenvalue weighted by Gasteiger charge is 2.33. The minimum atomic E-state index is 0.0691. The molecule has 2 radical (unpaired) electrons. The van der Waals surface area contributed by atoms with E-state index < -0.39 is 0 Å². The first-order valence-corrected chi connectivity index (χ1v) is 13.1. The Bertz CT molecular complexity index is 645. The smallest absolute Gasteiger partial charge is 0.213 e. The van der Waals surface area contributed by atoms with Gasteiger partial charge < -0.3 is 9.80 Å². The van der Waals surface area contributed by atoms with Gasteiger partial charge in [-0.25, -0.2) is 0 Å². The van der Waals surface area contributed by atoms with Crippen molar-refractivity contribution in [3.05, 3.63) is 47.9 Å². The summed E-state index contributed by atoms with van der Waals surface area (Å²) < 4.78 is 0. The van der Waals surface area contributed by atoms with Crippen molar-refractivity contribution in [3.8, 4) is 0 Å². The minimum absolute atomic E-state index is 0.0691. The van der Waals surface area contributed by atoms with Crippen LogP contribution in [-0.2, 0) is 0 Å². The Morgan fingerprint density at radius 2 is 1.36 bits per heavy atom. The summed E-state index contributed by atoms with van der Waals surface area (Å²) in [6, 6.07) is 4.58. The fraction of sp³-hybridized carbons (Fsp3) is 0.640. The quantitative estimate of drug-likeness (QED) is 0.482. The zero-order valence-corrected chi connectivity index (χ0v) is 19.0. The van der Waals surface area contributed by atoms with Gasteiger partial charge in [0.25, 0.3) is 0 Å². The maximum atomic E-state index is 3.69. The summed E-state index contributed by atoms with van der Waals surface area (Å²) in [6.07, 6.45) is 20.5. The van der Waals surface area contributed by atoms with Crippen molar-refractivity contribution in [2.45, 2.75) is 96.3 Å². The summed E-state index contributed by atoms with van der Waals surface area (Å²) in [7, 11) is 0.0691. The van der Waals surface area contributed by atoms with Gasteiger partial charge in [0.1, 0.15) is 0 Å². The molecular weight excluding hydrogens is 359 g/mol. The number of aryl methyl sites for hydroxylation is 3. The van der Waals surface area contributed by atoms with Crippen molar-refractivity contribution in [2.75, 3.05) is 11.2 Å². The molecule has 152 valence electrons. The maximum absolute atomic E-state index is 3.69. The third-order valence-corrected chi connectivity index (χ3v) is 10.5. The third kappa shape index (κ3) is 4.59. The van der Waals surface area contributed by atoms with Gasteiger partial charge in [-0.2, -0.15) is 0 Å². The molecule has 0 bridgehead atoms. The number of anilines is 1. The number of rotatable bonds is 5. The second-order valence-corrected chi connectivity index (χ2v) is 12.0. The van der Waals surface area contributed by atoms with Crippen LogP contribution in [0.25, 0.3) is 0 Å². The molecule has 4 rings (SSSR count). The Morgan fingerprint density at radius 3 is 1.89 bits per heavy atom. The van der Waals surface area contributed by atoms with Gasteiger partial charge in [-0.15, -0.1) is 0 Å². The predicted octanol–water partition coefficient (Wildman–Crippen LogP) is 7.31. The number of benzene rings is 1. The molecule has 0 amide bonds. The maximum Gasteiger partial charge on any atom is 0.213 e. The van der Waals surface area contributed by atoms with Crippen LogP contribution in [0.3, 0.4) is 0 Å². The molecule has 2 nitrogen and oxygen atoms in total. The lowest BCUT2D eigenvalue weighted by atomic mass is 9.99. The topological polar surface area (TPSA) is 6.48 Å². The van der Waals surface area contributed by atoms with Crippen LogP contribution in [0.15, 0.2) is 24.5 Å². The van der Waals surface area contributed by atoms with E-state index in [2.05, 4.69) is 61.8 Å². The molecule has 0 atom stereocenters. The van der Waals surface area contributed by atoms with Gasteiger partial charge in [0.05, 0.1) is 0 Å². The fourth-order valence-corrected chi connectivity index (χ4v) is 9.26. The standard InChI is InChI=1S/C25H37N2P/c1-20-16-21(2)25(22(3)17-20)27-15-14-26(18-27)19-28(23-10-6-4-7-11-23)24-12-8-5-9-13-24/h14-17,23-24H,4-13,19H2,1-3H3. The second-order valence-electron chi connectivity index (χ2n) is 9.22. The first kappa shape index (κ1) is 20.3. The van der Waals surface area contributed by atoms with E-state index in [9.17, 15) is 0 Å². The Balaban J connectivity index is 1.45. The van der Waals surface area contributed by atoms with Gasteiger partial charge in [-0.3, -0.25) is 0 Å². The highest BCUT2D eigenvalue weighted by atomic mass is 31.1. The molecule has 28 heavy (non-hydrogen) atoms. The van der Waals surface area contributed by atoms with E-state index in [0.29, 0.717) is 0 Å². The highest BCUT2D eigenvalue weighted by molar-refractivity contribution is 7.59. The van der Waals surface area contributed by atoms with Crippen molar-refractivity contribution in [3.63, 3.8) is 0 Å². The van der Waals surface area contributed by atoms with E-state index in [1.54, 1.807) is 0 Å². The summed E-state index contributed by atoms with van der Waals surface area (Å²) in [5.74, 6) is 0. The molecule has 1 heterocycles. The first-order valence-electron chi connectivity index (χ1n) is 11.5. The summed E-state index contributed by atoms with van der Waals surface area (Å²) >= 11 is 0. The van der Waals surface area contributed by atoms with Crippen LogP contribution in [0, 0.1) is 27.4 Å². The number of hydrogen-bond acceptors (Lipinski definition) is 2. The molecule has 0 saturated heterocycles. The SMILES string of the molecule is Cc1cc(C)c(N2[C]N(CP(C3CCCCC3)C3CCCCC3)C=C2)c(C)c1. The zero-order valence-electron chi connectivity index (χ0n) is 18.1. The predicted molar refractivity (Wildman–Crippen MR) is 123 cm³/mol. The lowest BCUT2D eigenvalue weighted by Crippen LogP contribution is -2.28. The fourth-order valence-electron chi connectivity index (χ4n) is 5.64. The van der Waals surface area contributed by atoms with Crippen molar-refractivity contribution < 1.29 is 0 Å². The third-order valence-electron chi connectivity index (χ3n) is 6.91. The first-order chi connectivity index (χ1) is 13.6. The van der Waals surface area contributed by atoms with E-state index in [1.165, 1.54) is 92.9 Å². The van der Waals surface area contributed by atoms with Crippen molar-refractivity contribution in [1.29, 1.82) is 0 Å². The van der Waals surface area contributed by atoms with Crippen LogP contribution in [-0.4, -0.2) is 22.5 Å². The van der Waals surface area contributed by atoms with Crippen molar-refractivity contribution in [2.24, 2.45) is 0 Å². The number of nitrogens with zero attached hydrogens (tertiary/aromatic N) is 2. The largest absolute Gasteiger partial charge is 0.342 e. The Hall–Kier alpha value is -1.01. The summed E-state index contributed by atoms with van der Waals surface area (Å²) in [6.45, 7) is 10.3. The summed E-state index contributed by atoms with van der Waals surface area (Å²) in [5, 5.41) is 0. The van der Waals surface area contributed by atoms with E-state index in [4.69, 9.17) is 0 Å². The normalized spacial score (nSPS) is 21.9. The molecule has 3 aliphatic rings.